The summed E-state index contributed by atoms with van der Waals surface area (Å²) in [5, 5.41) is 3.98. The van der Waals surface area contributed by atoms with Gasteiger partial charge < -0.3 is 10.2 Å². The second-order valence-corrected chi connectivity index (χ2v) is 5.22. The van der Waals surface area contributed by atoms with E-state index >= 15 is 0 Å². The lowest BCUT2D eigenvalue weighted by Crippen LogP contribution is -2.40. The smallest absolute Gasteiger partial charge is 0.152 e. The molecule has 1 aromatic heterocycles. The van der Waals surface area contributed by atoms with Crippen LogP contribution in [0.1, 0.15) is 24.8 Å². The van der Waals surface area contributed by atoms with Gasteiger partial charge in [-0.25, -0.2) is 4.98 Å². The Morgan fingerprint density at radius 2 is 2.35 bits per heavy atom. The molecule has 1 saturated heterocycles. The van der Waals surface area contributed by atoms with E-state index in [1.165, 1.54) is 25.8 Å². The van der Waals surface area contributed by atoms with Crippen LogP contribution in [0.4, 0.5) is 5.69 Å². The fourth-order valence-electron chi connectivity index (χ4n) is 2.31. The van der Waals surface area contributed by atoms with E-state index in [2.05, 4.69) is 28.3 Å². The van der Waals surface area contributed by atoms with Gasteiger partial charge in [0.1, 0.15) is 0 Å². The molecule has 0 bridgehead atoms. The number of halogens is 1. The zero-order valence-corrected chi connectivity index (χ0v) is 11.3. The van der Waals surface area contributed by atoms with Crippen LogP contribution >= 0.6 is 11.6 Å². The lowest BCUT2D eigenvalue weighted by Gasteiger charge is -2.32. The summed E-state index contributed by atoms with van der Waals surface area (Å²) in [6.45, 7) is 4.18. The Labute approximate surface area is 108 Å². The topological polar surface area (TPSA) is 28.2 Å². The molecule has 1 aliphatic rings. The number of aryl methyl sites for hydroxylation is 1. The van der Waals surface area contributed by atoms with Gasteiger partial charge in [0.25, 0.3) is 0 Å². The Morgan fingerprint density at radius 3 is 3.12 bits per heavy atom. The molecule has 1 N–H and O–H groups in total. The maximum absolute atomic E-state index is 6.06. The van der Waals surface area contributed by atoms with Gasteiger partial charge in [-0.3, -0.25) is 0 Å². The van der Waals surface area contributed by atoms with Crippen molar-refractivity contribution >= 4 is 17.3 Å². The number of aromatic nitrogens is 1. The van der Waals surface area contributed by atoms with Gasteiger partial charge in [-0.1, -0.05) is 18.0 Å². The van der Waals surface area contributed by atoms with E-state index in [-0.39, 0.29) is 0 Å². The van der Waals surface area contributed by atoms with Gasteiger partial charge in [0.2, 0.25) is 0 Å². The van der Waals surface area contributed by atoms with Gasteiger partial charge in [0, 0.05) is 18.8 Å². The number of likely N-dealkylation sites (N-methyl/N-ethyl adjacent to an activating group) is 1. The first kappa shape index (κ1) is 12.7. The summed E-state index contributed by atoms with van der Waals surface area (Å²) in [5.74, 6) is 0. The summed E-state index contributed by atoms with van der Waals surface area (Å²) in [4.78, 5) is 6.57. The number of hydrogen-bond acceptors (Lipinski definition) is 3. The molecule has 0 aromatic carbocycles. The van der Waals surface area contributed by atoms with Gasteiger partial charge >= 0.3 is 0 Å². The molecule has 0 aliphatic carbocycles. The van der Waals surface area contributed by atoms with E-state index in [1.807, 2.05) is 6.92 Å². The molecule has 0 spiro atoms. The molecule has 1 unspecified atom stereocenters. The molecule has 0 radical (unpaired) electrons. The number of piperidine rings is 1. The third-order valence-electron chi connectivity index (χ3n) is 3.43. The van der Waals surface area contributed by atoms with Crippen molar-refractivity contribution in [3.05, 3.63) is 23.0 Å². The molecule has 94 valence electrons. The van der Waals surface area contributed by atoms with Crippen LogP contribution in [0, 0.1) is 6.92 Å². The first-order valence-corrected chi connectivity index (χ1v) is 6.61. The Morgan fingerprint density at radius 1 is 1.53 bits per heavy atom. The first-order chi connectivity index (χ1) is 8.16. The fourth-order valence-corrected chi connectivity index (χ4v) is 2.48. The van der Waals surface area contributed by atoms with Crippen LogP contribution in [0.15, 0.2) is 12.3 Å². The molecular weight excluding hydrogens is 234 g/mol. The van der Waals surface area contributed by atoms with E-state index in [0.29, 0.717) is 11.2 Å². The first-order valence-electron chi connectivity index (χ1n) is 6.23. The molecule has 1 atom stereocenters. The maximum atomic E-state index is 6.06. The molecule has 2 rings (SSSR count). The Kier molecular flexibility index (Phi) is 4.24. The Bertz CT molecular complexity index is 381. The SMILES string of the molecule is Cc1cnc(Cl)c(NCC2CCCCN2C)c1. The molecule has 17 heavy (non-hydrogen) atoms. The molecule has 0 amide bonds. The van der Waals surface area contributed by atoms with Gasteiger partial charge in [-0.05, 0) is 45.0 Å². The summed E-state index contributed by atoms with van der Waals surface area (Å²) in [5.41, 5.74) is 2.08. The predicted molar refractivity (Wildman–Crippen MR) is 72.7 cm³/mol. The van der Waals surface area contributed by atoms with Crippen molar-refractivity contribution in [1.82, 2.24) is 9.88 Å². The minimum atomic E-state index is 0.564. The normalized spacial score (nSPS) is 21.5. The third kappa shape index (κ3) is 3.33. The summed E-state index contributed by atoms with van der Waals surface area (Å²) in [7, 11) is 2.20. The number of anilines is 1. The van der Waals surface area contributed by atoms with Crippen molar-refractivity contribution in [2.75, 3.05) is 25.5 Å². The monoisotopic (exact) mass is 253 g/mol. The van der Waals surface area contributed by atoms with Crippen molar-refractivity contribution in [3.63, 3.8) is 0 Å². The van der Waals surface area contributed by atoms with Crippen LogP contribution in [0.2, 0.25) is 5.15 Å². The van der Waals surface area contributed by atoms with Crippen LogP contribution in [-0.4, -0.2) is 36.1 Å². The second-order valence-electron chi connectivity index (χ2n) is 4.86. The third-order valence-corrected chi connectivity index (χ3v) is 3.73. The zero-order valence-electron chi connectivity index (χ0n) is 10.5. The van der Waals surface area contributed by atoms with E-state index in [1.54, 1.807) is 6.20 Å². The van der Waals surface area contributed by atoms with Crippen molar-refractivity contribution in [1.29, 1.82) is 0 Å². The molecule has 4 heteroatoms. The van der Waals surface area contributed by atoms with Crippen molar-refractivity contribution in [3.8, 4) is 0 Å². The zero-order chi connectivity index (χ0) is 12.3. The van der Waals surface area contributed by atoms with E-state index in [4.69, 9.17) is 11.6 Å². The second kappa shape index (κ2) is 5.69. The number of rotatable bonds is 3. The number of nitrogens with one attached hydrogen (secondary N) is 1. The number of likely N-dealkylation sites (tertiary alicyclic amines) is 1. The van der Waals surface area contributed by atoms with Crippen LogP contribution in [0.3, 0.4) is 0 Å². The minimum absolute atomic E-state index is 0.564. The predicted octanol–water partition coefficient (Wildman–Crippen LogP) is 2.94. The van der Waals surface area contributed by atoms with Crippen LogP contribution in [0.5, 0.6) is 0 Å². The number of pyridine rings is 1. The fraction of sp³-hybridized carbons (Fsp3) is 0.615. The molecule has 1 aromatic rings. The number of nitrogens with zero attached hydrogens (tertiary/aromatic N) is 2. The van der Waals surface area contributed by atoms with Gasteiger partial charge in [0.15, 0.2) is 5.15 Å². The largest absolute Gasteiger partial charge is 0.381 e. The average molecular weight is 254 g/mol. The highest BCUT2D eigenvalue weighted by atomic mass is 35.5. The van der Waals surface area contributed by atoms with E-state index in [9.17, 15) is 0 Å². The van der Waals surface area contributed by atoms with Gasteiger partial charge in [-0.2, -0.15) is 0 Å². The van der Waals surface area contributed by atoms with Crippen molar-refractivity contribution in [2.45, 2.75) is 32.2 Å². The molecule has 0 saturated carbocycles. The summed E-state index contributed by atoms with van der Waals surface area (Å²) in [6.07, 6.45) is 5.71. The quantitative estimate of drug-likeness (QED) is 0.840. The molecule has 2 heterocycles. The van der Waals surface area contributed by atoms with Gasteiger partial charge in [0.05, 0.1) is 5.69 Å². The van der Waals surface area contributed by atoms with E-state index < -0.39 is 0 Å². The van der Waals surface area contributed by atoms with Gasteiger partial charge in [-0.15, -0.1) is 0 Å². The molecule has 1 fully saturated rings. The minimum Gasteiger partial charge on any atom is -0.381 e. The lowest BCUT2D eigenvalue weighted by molar-refractivity contribution is 0.194. The average Bonchev–Trinajstić information content (AvgIpc) is 2.32. The highest BCUT2D eigenvalue weighted by Crippen LogP contribution is 2.21. The standard InChI is InChI=1S/C13H20ClN3/c1-10-7-12(13(14)16-8-10)15-9-11-5-3-4-6-17(11)2/h7-8,11,15H,3-6,9H2,1-2H3. The maximum Gasteiger partial charge on any atom is 0.152 e. The highest BCUT2D eigenvalue weighted by molar-refractivity contribution is 6.31. The van der Waals surface area contributed by atoms with Crippen molar-refractivity contribution in [2.24, 2.45) is 0 Å². The van der Waals surface area contributed by atoms with Crippen LogP contribution in [0.25, 0.3) is 0 Å². The lowest BCUT2D eigenvalue weighted by atomic mass is 10.0. The van der Waals surface area contributed by atoms with Crippen LogP contribution in [-0.2, 0) is 0 Å². The molecule has 1 aliphatic heterocycles. The molecular formula is C13H20ClN3. The highest BCUT2D eigenvalue weighted by Gasteiger charge is 2.18. The molecule has 3 nitrogen and oxygen atoms in total. The van der Waals surface area contributed by atoms with Crippen LogP contribution < -0.4 is 5.32 Å². The Balaban J connectivity index is 1.94. The van der Waals surface area contributed by atoms with E-state index in [0.717, 1.165) is 17.8 Å². The van der Waals surface area contributed by atoms with Crippen molar-refractivity contribution < 1.29 is 0 Å². The Hall–Kier alpha value is -0.800. The summed E-state index contributed by atoms with van der Waals surface area (Å²) < 4.78 is 0. The summed E-state index contributed by atoms with van der Waals surface area (Å²) in [6, 6.07) is 2.67. The summed E-state index contributed by atoms with van der Waals surface area (Å²) >= 11 is 6.06. The number of hydrogen-bond donors (Lipinski definition) is 1.